The number of rotatable bonds is 4. The van der Waals surface area contributed by atoms with E-state index in [4.69, 9.17) is 21.7 Å². The van der Waals surface area contributed by atoms with Gasteiger partial charge in [-0.1, -0.05) is 6.42 Å². The smallest absolute Gasteiger partial charge is 0.410 e. The van der Waals surface area contributed by atoms with E-state index in [1.165, 1.54) is 0 Å². The van der Waals surface area contributed by atoms with E-state index in [0.717, 1.165) is 30.9 Å². The minimum Gasteiger partial charge on any atom is -0.466 e. The van der Waals surface area contributed by atoms with Crippen molar-refractivity contribution in [3.63, 3.8) is 0 Å². The second-order valence-corrected chi connectivity index (χ2v) is 9.16. The van der Waals surface area contributed by atoms with Crippen LogP contribution in [0.15, 0.2) is 0 Å². The summed E-state index contributed by atoms with van der Waals surface area (Å²) in [5.41, 5.74) is -0.916. The van der Waals surface area contributed by atoms with Crippen molar-refractivity contribution in [1.82, 2.24) is 14.7 Å². The van der Waals surface area contributed by atoms with E-state index in [1.807, 2.05) is 27.7 Å². The van der Waals surface area contributed by atoms with Crippen LogP contribution in [0.2, 0.25) is 0 Å². The number of esters is 1. The van der Waals surface area contributed by atoms with Gasteiger partial charge in [-0.05, 0) is 52.8 Å². The van der Waals surface area contributed by atoms with Gasteiger partial charge in [-0.25, -0.2) is 4.79 Å². The van der Waals surface area contributed by atoms with Gasteiger partial charge in [-0.15, -0.1) is 0 Å². The minimum absolute atomic E-state index is 0.0979. The molecule has 3 fully saturated rings. The van der Waals surface area contributed by atoms with Crippen molar-refractivity contribution in [3.8, 4) is 0 Å². The number of carbonyl (C=O) groups excluding carboxylic acids is 2. The Bertz CT molecular complexity index is 615. The number of hydrogen-bond acceptors (Lipinski definition) is 5. The highest BCUT2D eigenvalue weighted by Gasteiger charge is 2.50. The summed E-state index contributed by atoms with van der Waals surface area (Å²) in [5, 5.41) is 0.791. The Labute approximate surface area is 166 Å². The van der Waals surface area contributed by atoms with E-state index in [-0.39, 0.29) is 18.1 Å². The number of carbonyl (C=O) groups is 2. The highest BCUT2D eigenvalue weighted by molar-refractivity contribution is 7.80. The Balaban J connectivity index is 1.62. The quantitative estimate of drug-likeness (QED) is 0.532. The van der Waals surface area contributed by atoms with E-state index in [1.54, 1.807) is 4.90 Å². The van der Waals surface area contributed by atoms with Gasteiger partial charge >= 0.3 is 12.1 Å². The first-order chi connectivity index (χ1) is 12.6. The molecule has 0 spiro atoms. The van der Waals surface area contributed by atoms with Crippen LogP contribution in [0, 0.1) is 5.41 Å². The highest BCUT2D eigenvalue weighted by Crippen LogP contribution is 2.43. The average Bonchev–Trinajstić information content (AvgIpc) is 2.85. The monoisotopic (exact) mass is 397 g/mol. The van der Waals surface area contributed by atoms with E-state index >= 15 is 0 Å². The fourth-order valence-electron chi connectivity index (χ4n) is 4.08. The van der Waals surface area contributed by atoms with Crippen LogP contribution in [0.5, 0.6) is 0 Å². The van der Waals surface area contributed by atoms with Gasteiger partial charge < -0.3 is 24.2 Å². The summed E-state index contributed by atoms with van der Waals surface area (Å²) >= 11 is 5.69. The molecule has 0 aromatic heterocycles. The zero-order valence-electron chi connectivity index (χ0n) is 16.8. The maximum Gasteiger partial charge on any atom is 0.410 e. The van der Waals surface area contributed by atoms with Gasteiger partial charge in [0.1, 0.15) is 5.60 Å². The maximum absolute atomic E-state index is 12.5. The summed E-state index contributed by atoms with van der Waals surface area (Å²) in [4.78, 5) is 30.9. The third-order valence-electron chi connectivity index (χ3n) is 5.59. The summed E-state index contributed by atoms with van der Waals surface area (Å²) in [6.45, 7) is 11.1. The zero-order valence-corrected chi connectivity index (χ0v) is 17.6. The topological polar surface area (TPSA) is 62.3 Å². The normalized spacial score (nSPS) is 24.4. The van der Waals surface area contributed by atoms with Crippen LogP contribution in [-0.4, -0.2) is 82.8 Å². The lowest BCUT2D eigenvalue weighted by Gasteiger charge is -2.42. The SMILES string of the molecule is CCOC(=O)C1(CN2CC3CN(C(=O)OC(C)(C)C)CCN3C2=S)CCC1. The van der Waals surface area contributed by atoms with Crippen LogP contribution in [-0.2, 0) is 14.3 Å². The zero-order chi connectivity index (χ0) is 19.8. The maximum atomic E-state index is 12.5. The van der Waals surface area contributed by atoms with Gasteiger partial charge in [0, 0.05) is 32.7 Å². The molecule has 3 aliphatic rings. The molecular weight excluding hydrogens is 366 g/mol. The van der Waals surface area contributed by atoms with Gasteiger partial charge in [0.25, 0.3) is 0 Å². The fourth-order valence-corrected chi connectivity index (χ4v) is 4.46. The number of fused-ring (bicyclic) bond motifs is 1. The molecule has 152 valence electrons. The van der Waals surface area contributed by atoms with Crippen molar-refractivity contribution in [2.24, 2.45) is 5.41 Å². The molecule has 2 saturated heterocycles. The highest BCUT2D eigenvalue weighted by atomic mass is 32.1. The predicted molar refractivity (Wildman–Crippen MR) is 105 cm³/mol. The van der Waals surface area contributed by atoms with Crippen LogP contribution in [0.25, 0.3) is 0 Å². The molecule has 1 aliphatic carbocycles. The van der Waals surface area contributed by atoms with Crippen LogP contribution in [0.3, 0.4) is 0 Å². The molecule has 1 saturated carbocycles. The average molecular weight is 398 g/mol. The molecule has 0 bridgehead atoms. The lowest BCUT2D eigenvalue weighted by atomic mass is 9.68. The van der Waals surface area contributed by atoms with Gasteiger partial charge in [-0.3, -0.25) is 4.79 Å². The van der Waals surface area contributed by atoms with Crippen LogP contribution in [0.1, 0.15) is 47.0 Å². The number of amides is 1. The first-order valence-corrected chi connectivity index (χ1v) is 10.3. The lowest BCUT2D eigenvalue weighted by Crippen LogP contribution is -2.54. The predicted octanol–water partition coefficient (Wildman–Crippen LogP) is 2.24. The second-order valence-electron chi connectivity index (χ2n) is 8.79. The molecule has 0 radical (unpaired) electrons. The van der Waals surface area contributed by atoms with Gasteiger partial charge in [0.2, 0.25) is 0 Å². The Morgan fingerprint density at radius 1 is 1.22 bits per heavy atom. The van der Waals surface area contributed by atoms with E-state index in [9.17, 15) is 9.59 Å². The molecule has 3 rings (SSSR count). The molecule has 1 atom stereocenters. The van der Waals surface area contributed by atoms with Crippen molar-refractivity contribution in [3.05, 3.63) is 0 Å². The summed E-state index contributed by atoms with van der Waals surface area (Å²) in [5.74, 6) is -0.0979. The number of thiocarbonyl (C=S) groups is 1. The summed E-state index contributed by atoms with van der Waals surface area (Å²) in [7, 11) is 0. The first kappa shape index (κ1) is 20.2. The molecule has 0 aromatic rings. The Hall–Kier alpha value is -1.57. The number of hydrogen-bond donors (Lipinski definition) is 0. The third kappa shape index (κ3) is 4.15. The molecule has 2 heterocycles. The number of nitrogens with zero attached hydrogens (tertiary/aromatic N) is 3. The first-order valence-electron chi connectivity index (χ1n) is 9.86. The van der Waals surface area contributed by atoms with Crippen LogP contribution >= 0.6 is 12.2 Å². The molecule has 1 amide bonds. The standard InChI is InChI=1S/C19H31N3O4S/c1-5-25-15(23)19(7-6-8-19)13-21-12-14-11-20(9-10-22(14)16(21)27)17(24)26-18(2,3)4/h14H,5-13H2,1-4H3. The van der Waals surface area contributed by atoms with E-state index < -0.39 is 11.0 Å². The molecule has 27 heavy (non-hydrogen) atoms. The van der Waals surface area contributed by atoms with Crippen molar-refractivity contribution in [2.45, 2.75) is 58.6 Å². The van der Waals surface area contributed by atoms with E-state index in [2.05, 4.69) is 9.80 Å². The minimum atomic E-state index is -0.499. The molecule has 7 nitrogen and oxygen atoms in total. The molecule has 1 unspecified atom stereocenters. The molecule has 2 aliphatic heterocycles. The molecule has 0 aromatic carbocycles. The Kier molecular flexibility index (Phi) is 5.57. The summed E-state index contributed by atoms with van der Waals surface area (Å²) in [6.07, 6.45) is 2.51. The largest absolute Gasteiger partial charge is 0.466 e. The second kappa shape index (κ2) is 7.45. The van der Waals surface area contributed by atoms with Crippen molar-refractivity contribution < 1.29 is 19.1 Å². The van der Waals surface area contributed by atoms with Crippen molar-refractivity contribution >= 4 is 29.4 Å². The van der Waals surface area contributed by atoms with Gasteiger partial charge in [0.05, 0.1) is 18.1 Å². The molecule has 0 N–H and O–H groups in total. The number of ether oxygens (including phenoxy) is 2. The van der Waals surface area contributed by atoms with Crippen molar-refractivity contribution in [2.75, 3.05) is 39.3 Å². The Morgan fingerprint density at radius 2 is 1.93 bits per heavy atom. The molecular formula is C19H31N3O4S. The Morgan fingerprint density at radius 3 is 2.48 bits per heavy atom. The summed E-state index contributed by atoms with van der Waals surface area (Å²) in [6, 6.07) is 0.151. The summed E-state index contributed by atoms with van der Waals surface area (Å²) < 4.78 is 10.8. The van der Waals surface area contributed by atoms with Gasteiger partial charge in [0.15, 0.2) is 5.11 Å². The number of piperazine rings is 1. The van der Waals surface area contributed by atoms with Gasteiger partial charge in [-0.2, -0.15) is 0 Å². The van der Waals surface area contributed by atoms with Crippen LogP contribution < -0.4 is 0 Å². The van der Waals surface area contributed by atoms with E-state index in [0.29, 0.717) is 32.8 Å². The fraction of sp³-hybridized carbons (Fsp3) is 0.842. The lowest BCUT2D eigenvalue weighted by molar-refractivity contribution is -0.162. The van der Waals surface area contributed by atoms with Crippen LogP contribution in [0.4, 0.5) is 4.79 Å². The third-order valence-corrected chi connectivity index (χ3v) is 6.09. The van der Waals surface area contributed by atoms with Crippen molar-refractivity contribution in [1.29, 1.82) is 0 Å². The molecule has 8 heteroatoms.